The summed E-state index contributed by atoms with van der Waals surface area (Å²) in [6.07, 6.45) is -4.76. The van der Waals surface area contributed by atoms with Crippen LogP contribution in [0, 0.1) is 6.92 Å². The minimum Gasteiger partial charge on any atom is -0.489 e. The normalized spacial score (nSPS) is 17.4. The van der Waals surface area contributed by atoms with Crippen LogP contribution < -0.4 is 9.47 Å². The standard InChI is InChI=1S/C22H24F3NO5/c1-15-12-18(30-14-16-2-4-17(5-3-16)31-22(23,24)25)6-7-19(15)20-13-26(10-11-29-20)9-8-21(27)28/h2-7,12,20H,8-11,13-14H2,1H3,(H,27,28). The average Bonchev–Trinajstić information content (AvgIpc) is 2.71. The van der Waals surface area contributed by atoms with Gasteiger partial charge in [-0.1, -0.05) is 18.2 Å². The second-order valence-electron chi connectivity index (χ2n) is 7.30. The number of carboxylic acid groups (broad SMARTS) is 1. The van der Waals surface area contributed by atoms with Gasteiger partial charge in [0.2, 0.25) is 0 Å². The van der Waals surface area contributed by atoms with Crippen molar-refractivity contribution in [3.63, 3.8) is 0 Å². The third kappa shape index (κ3) is 7.15. The molecule has 0 saturated carbocycles. The highest BCUT2D eigenvalue weighted by molar-refractivity contribution is 5.66. The van der Waals surface area contributed by atoms with Gasteiger partial charge in [0.15, 0.2) is 0 Å². The molecule has 1 N–H and O–H groups in total. The summed E-state index contributed by atoms with van der Waals surface area (Å²) in [5, 5.41) is 8.87. The number of aliphatic carboxylic acids is 1. The topological polar surface area (TPSA) is 68.2 Å². The first kappa shape index (κ1) is 22.9. The van der Waals surface area contributed by atoms with Gasteiger partial charge in [-0.25, -0.2) is 0 Å². The highest BCUT2D eigenvalue weighted by atomic mass is 19.4. The van der Waals surface area contributed by atoms with E-state index in [1.807, 2.05) is 25.1 Å². The SMILES string of the molecule is Cc1cc(OCc2ccc(OC(F)(F)F)cc2)ccc1C1CN(CCC(=O)O)CCO1. The first-order valence-electron chi connectivity index (χ1n) is 9.83. The van der Waals surface area contributed by atoms with Crippen LogP contribution in [0.4, 0.5) is 13.2 Å². The zero-order valence-electron chi connectivity index (χ0n) is 17.0. The van der Waals surface area contributed by atoms with E-state index in [2.05, 4.69) is 9.64 Å². The lowest BCUT2D eigenvalue weighted by atomic mass is 10.0. The van der Waals surface area contributed by atoms with Crippen molar-refractivity contribution in [2.24, 2.45) is 0 Å². The fourth-order valence-corrected chi connectivity index (χ4v) is 3.40. The molecule has 1 unspecified atom stereocenters. The second-order valence-corrected chi connectivity index (χ2v) is 7.30. The van der Waals surface area contributed by atoms with E-state index >= 15 is 0 Å². The van der Waals surface area contributed by atoms with Crippen molar-refractivity contribution in [1.29, 1.82) is 0 Å². The molecular weight excluding hydrogens is 415 g/mol. The molecule has 0 aliphatic carbocycles. The number of ether oxygens (including phenoxy) is 3. The van der Waals surface area contributed by atoms with Gasteiger partial charge in [-0.2, -0.15) is 0 Å². The van der Waals surface area contributed by atoms with Gasteiger partial charge >= 0.3 is 12.3 Å². The fourth-order valence-electron chi connectivity index (χ4n) is 3.40. The Morgan fingerprint density at radius 3 is 2.55 bits per heavy atom. The van der Waals surface area contributed by atoms with E-state index in [1.165, 1.54) is 24.3 Å². The van der Waals surface area contributed by atoms with Crippen LogP contribution >= 0.6 is 0 Å². The zero-order valence-corrected chi connectivity index (χ0v) is 17.0. The third-order valence-electron chi connectivity index (χ3n) is 4.94. The van der Waals surface area contributed by atoms with Crippen LogP contribution in [0.3, 0.4) is 0 Å². The molecule has 0 spiro atoms. The van der Waals surface area contributed by atoms with Crippen molar-refractivity contribution in [3.8, 4) is 11.5 Å². The number of carbonyl (C=O) groups is 1. The molecule has 1 heterocycles. The molecule has 9 heteroatoms. The Hall–Kier alpha value is -2.78. The molecule has 2 aromatic rings. The second kappa shape index (κ2) is 10.0. The van der Waals surface area contributed by atoms with Crippen LogP contribution in [-0.4, -0.2) is 48.6 Å². The van der Waals surface area contributed by atoms with Gasteiger partial charge in [0, 0.05) is 19.6 Å². The minimum atomic E-state index is -4.72. The van der Waals surface area contributed by atoms with Crippen molar-refractivity contribution in [1.82, 2.24) is 4.90 Å². The maximum Gasteiger partial charge on any atom is 0.573 e. The minimum absolute atomic E-state index is 0.0990. The lowest BCUT2D eigenvalue weighted by Gasteiger charge is -2.33. The Kier molecular flexibility index (Phi) is 7.40. The molecule has 1 aliphatic heterocycles. The number of morpholine rings is 1. The smallest absolute Gasteiger partial charge is 0.489 e. The number of rotatable bonds is 8. The maximum absolute atomic E-state index is 12.2. The van der Waals surface area contributed by atoms with E-state index in [0.717, 1.165) is 11.1 Å². The third-order valence-corrected chi connectivity index (χ3v) is 4.94. The van der Waals surface area contributed by atoms with Crippen LogP contribution in [0.25, 0.3) is 0 Å². The summed E-state index contributed by atoms with van der Waals surface area (Å²) >= 11 is 0. The molecule has 2 aromatic carbocycles. The van der Waals surface area contributed by atoms with Crippen molar-refractivity contribution in [2.45, 2.75) is 32.4 Å². The summed E-state index contributed by atoms with van der Waals surface area (Å²) < 4.78 is 52.2. The van der Waals surface area contributed by atoms with Crippen LogP contribution in [0.5, 0.6) is 11.5 Å². The Labute approximate surface area is 178 Å². The molecule has 1 atom stereocenters. The maximum atomic E-state index is 12.2. The van der Waals surface area contributed by atoms with E-state index in [4.69, 9.17) is 14.6 Å². The zero-order chi connectivity index (χ0) is 22.4. The van der Waals surface area contributed by atoms with Crippen LogP contribution in [-0.2, 0) is 16.1 Å². The van der Waals surface area contributed by atoms with Gasteiger partial charge in [-0.05, 0) is 47.9 Å². The number of carboxylic acids is 1. The molecule has 31 heavy (non-hydrogen) atoms. The van der Waals surface area contributed by atoms with E-state index in [0.29, 0.717) is 37.6 Å². The summed E-state index contributed by atoms with van der Waals surface area (Å²) in [5.41, 5.74) is 2.71. The first-order valence-corrected chi connectivity index (χ1v) is 9.83. The molecule has 1 saturated heterocycles. The van der Waals surface area contributed by atoms with Crippen LogP contribution in [0.15, 0.2) is 42.5 Å². The van der Waals surface area contributed by atoms with Gasteiger partial charge in [-0.15, -0.1) is 13.2 Å². The molecular formula is C22H24F3NO5. The van der Waals surface area contributed by atoms with Gasteiger partial charge < -0.3 is 19.3 Å². The van der Waals surface area contributed by atoms with Gasteiger partial charge in [0.05, 0.1) is 19.1 Å². The molecule has 6 nitrogen and oxygen atoms in total. The highest BCUT2D eigenvalue weighted by Gasteiger charge is 2.31. The molecule has 1 aliphatic rings. The van der Waals surface area contributed by atoms with Crippen molar-refractivity contribution in [3.05, 3.63) is 59.2 Å². The summed E-state index contributed by atoms with van der Waals surface area (Å²) in [7, 11) is 0. The predicted molar refractivity (Wildman–Crippen MR) is 106 cm³/mol. The molecule has 1 fully saturated rings. The monoisotopic (exact) mass is 439 g/mol. The molecule has 0 radical (unpaired) electrons. The predicted octanol–water partition coefficient (Wildman–Crippen LogP) is 4.32. The highest BCUT2D eigenvalue weighted by Crippen LogP contribution is 2.28. The van der Waals surface area contributed by atoms with E-state index in [9.17, 15) is 18.0 Å². The number of hydrogen-bond donors (Lipinski definition) is 1. The van der Waals surface area contributed by atoms with Gasteiger partial charge in [0.1, 0.15) is 18.1 Å². The largest absolute Gasteiger partial charge is 0.573 e. The van der Waals surface area contributed by atoms with Crippen LogP contribution in [0.1, 0.15) is 29.2 Å². The average molecular weight is 439 g/mol. The molecule has 0 aromatic heterocycles. The Morgan fingerprint density at radius 1 is 1.19 bits per heavy atom. The first-order chi connectivity index (χ1) is 14.7. The van der Waals surface area contributed by atoms with Crippen LogP contribution in [0.2, 0.25) is 0 Å². The Morgan fingerprint density at radius 2 is 1.90 bits per heavy atom. The van der Waals surface area contributed by atoms with E-state index in [-0.39, 0.29) is 24.9 Å². The molecule has 168 valence electrons. The lowest BCUT2D eigenvalue weighted by molar-refractivity contribution is -0.274. The van der Waals surface area contributed by atoms with Gasteiger partial charge in [-0.3, -0.25) is 9.69 Å². The summed E-state index contributed by atoms with van der Waals surface area (Å²) in [6.45, 7) is 4.51. The van der Waals surface area contributed by atoms with Crippen molar-refractivity contribution < 1.29 is 37.3 Å². The summed E-state index contributed by atoms with van der Waals surface area (Å²) in [4.78, 5) is 12.9. The quantitative estimate of drug-likeness (QED) is 0.661. The van der Waals surface area contributed by atoms with Crippen molar-refractivity contribution >= 4 is 5.97 Å². The summed E-state index contributed by atoms with van der Waals surface area (Å²) in [6, 6.07) is 11.2. The van der Waals surface area contributed by atoms with E-state index in [1.54, 1.807) is 0 Å². The Bertz CT molecular complexity index is 886. The number of hydrogen-bond acceptors (Lipinski definition) is 5. The van der Waals surface area contributed by atoms with E-state index < -0.39 is 12.3 Å². The number of aryl methyl sites for hydroxylation is 1. The lowest BCUT2D eigenvalue weighted by Crippen LogP contribution is -2.39. The number of benzene rings is 2. The molecule has 3 rings (SSSR count). The van der Waals surface area contributed by atoms with Gasteiger partial charge in [0.25, 0.3) is 0 Å². The van der Waals surface area contributed by atoms with Crippen molar-refractivity contribution in [2.75, 3.05) is 26.2 Å². The summed E-state index contributed by atoms with van der Waals surface area (Å²) in [5.74, 6) is -0.458. The fraction of sp³-hybridized carbons (Fsp3) is 0.409. The molecule has 0 amide bonds. The number of nitrogens with zero attached hydrogens (tertiary/aromatic N) is 1. The number of alkyl halides is 3. The molecule has 0 bridgehead atoms. The number of halogens is 3. The Balaban J connectivity index is 1.56.